The van der Waals surface area contributed by atoms with Gasteiger partial charge in [0.05, 0.1) is 18.7 Å². The number of nitrogens with zero attached hydrogens (tertiary/aromatic N) is 1. The number of nitriles is 1. The van der Waals surface area contributed by atoms with E-state index in [1.165, 1.54) is 6.07 Å². The summed E-state index contributed by atoms with van der Waals surface area (Å²) in [5.41, 5.74) is -0.127. The maximum atomic E-state index is 13.0. The highest BCUT2D eigenvalue weighted by molar-refractivity contribution is 5.92. The van der Waals surface area contributed by atoms with E-state index in [-0.39, 0.29) is 11.3 Å². The van der Waals surface area contributed by atoms with E-state index in [4.69, 9.17) is 5.26 Å². The van der Waals surface area contributed by atoms with E-state index in [9.17, 15) is 22.4 Å². The fourth-order valence-electron chi connectivity index (χ4n) is 1.21. The minimum atomic E-state index is -4.40. The maximum absolute atomic E-state index is 13.0. The van der Waals surface area contributed by atoms with Gasteiger partial charge in [0.15, 0.2) is 0 Å². The van der Waals surface area contributed by atoms with Crippen molar-refractivity contribution in [1.82, 2.24) is 5.32 Å². The van der Waals surface area contributed by atoms with Gasteiger partial charge in [0.25, 0.3) is 0 Å². The predicted molar refractivity (Wildman–Crippen MR) is 58.7 cm³/mol. The first-order valence-corrected chi connectivity index (χ1v) is 5.09. The van der Waals surface area contributed by atoms with Gasteiger partial charge in [-0.2, -0.15) is 18.4 Å². The highest BCUT2D eigenvalue weighted by Gasteiger charge is 2.26. The number of alkyl halides is 3. The van der Waals surface area contributed by atoms with Gasteiger partial charge in [-0.15, -0.1) is 0 Å². The van der Waals surface area contributed by atoms with E-state index in [2.05, 4.69) is 5.32 Å². The first-order valence-electron chi connectivity index (χ1n) is 5.09. The Hall–Kier alpha value is -2.14. The van der Waals surface area contributed by atoms with Crippen LogP contribution in [0.3, 0.4) is 0 Å². The summed E-state index contributed by atoms with van der Waals surface area (Å²) in [6.45, 7) is -1.83. The van der Waals surface area contributed by atoms with Crippen molar-refractivity contribution >= 4 is 11.6 Å². The van der Waals surface area contributed by atoms with E-state index in [0.717, 1.165) is 12.1 Å². The summed E-state index contributed by atoms with van der Waals surface area (Å²) >= 11 is 0. The van der Waals surface area contributed by atoms with Gasteiger partial charge >= 0.3 is 6.18 Å². The molecule has 0 aliphatic heterocycles. The molecule has 0 aromatic heterocycles. The zero-order valence-corrected chi connectivity index (χ0v) is 9.51. The van der Waals surface area contributed by atoms with Crippen LogP contribution in [0.25, 0.3) is 0 Å². The molecule has 0 saturated heterocycles. The van der Waals surface area contributed by atoms with Crippen LogP contribution >= 0.6 is 0 Å². The van der Waals surface area contributed by atoms with Crippen LogP contribution in [0.2, 0.25) is 0 Å². The number of hydrogen-bond acceptors (Lipinski definition) is 3. The van der Waals surface area contributed by atoms with Crippen molar-refractivity contribution in [2.24, 2.45) is 0 Å². The predicted octanol–water partition coefficient (Wildman–Crippen LogP) is 1.79. The van der Waals surface area contributed by atoms with Crippen LogP contribution in [0.5, 0.6) is 0 Å². The topological polar surface area (TPSA) is 64.9 Å². The van der Waals surface area contributed by atoms with Crippen molar-refractivity contribution in [2.45, 2.75) is 6.18 Å². The number of carbonyl (C=O) groups is 1. The molecule has 1 rings (SSSR count). The monoisotopic (exact) mass is 275 g/mol. The Balaban J connectivity index is 2.51. The summed E-state index contributed by atoms with van der Waals surface area (Å²) in [4.78, 5) is 11.3. The molecule has 4 nitrogen and oxygen atoms in total. The molecule has 1 aromatic rings. The minimum Gasteiger partial charge on any atom is -0.325 e. The van der Waals surface area contributed by atoms with Crippen molar-refractivity contribution in [3.8, 4) is 6.07 Å². The summed E-state index contributed by atoms with van der Waals surface area (Å²) in [6.07, 6.45) is -4.40. The van der Waals surface area contributed by atoms with E-state index in [1.807, 2.05) is 5.32 Å². The highest BCUT2D eigenvalue weighted by Crippen LogP contribution is 2.14. The molecule has 0 radical (unpaired) electrons. The fraction of sp³-hybridized carbons (Fsp3) is 0.273. The Morgan fingerprint density at radius 2 is 2.05 bits per heavy atom. The number of hydrogen-bond donors (Lipinski definition) is 2. The van der Waals surface area contributed by atoms with Crippen LogP contribution < -0.4 is 10.6 Å². The molecule has 1 aromatic carbocycles. The lowest BCUT2D eigenvalue weighted by atomic mass is 10.2. The van der Waals surface area contributed by atoms with Crippen molar-refractivity contribution in [3.63, 3.8) is 0 Å². The van der Waals surface area contributed by atoms with Crippen LogP contribution in [0, 0.1) is 17.1 Å². The molecule has 0 bridgehead atoms. The number of anilines is 1. The molecular formula is C11H9F4N3O. The van der Waals surface area contributed by atoms with Crippen LogP contribution in [0.4, 0.5) is 23.2 Å². The van der Waals surface area contributed by atoms with Gasteiger partial charge < -0.3 is 10.6 Å². The molecule has 0 aliphatic carbocycles. The van der Waals surface area contributed by atoms with Crippen LogP contribution in [0.1, 0.15) is 5.56 Å². The Kier molecular flexibility index (Phi) is 4.83. The molecule has 0 saturated carbocycles. The van der Waals surface area contributed by atoms with E-state index in [0.29, 0.717) is 0 Å². The number of carbonyl (C=O) groups excluding carboxylic acids is 1. The molecular weight excluding hydrogens is 266 g/mol. The Morgan fingerprint density at radius 3 is 2.63 bits per heavy atom. The molecule has 1 amide bonds. The molecule has 0 unspecified atom stereocenters. The van der Waals surface area contributed by atoms with Gasteiger partial charge in [-0.3, -0.25) is 4.79 Å². The number of nitrogens with one attached hydrogen (secondary N) is 2. The van der Waals surface area contributed by atoms with Crippen LogP contribution in [0.15, 0.2) is 18.2 Å². The third-order valence-electron chi connectivity index (χ3n) is 1.98. The average molecular weight is 275 g/mol. The molecule has 0 fully saturated rings. The Bertz CT molecular complexity index is 508. The van der Waals surface area contributed by atoms with E-state index < -0.39 is 31.0 Å². The second-order valence-electron chi connectivity index (χ2n) is 3.57. The van der Waals surface area contributed by atoms with Crippen LogP contribution in [-0.2, 0) is 4.79 Å². The number of amides is 1. The third kappa shape index (κ3) is 5.35. The second-order valence-corrected chi connectivity index (χ2v) is 3.57. The summed E-state index contributed by atoms with van der Waals surface area (Å²) in [7, 11) is 0. The lowest BCUT2D eigenvalue weighted by Crippen LogP contribution is -2.35. The quantitative estimate of drug-likeness (QED) is 0.823. The standard InChI is InChI=1S/C11H9F4N3O/c12-9-2-1-8(3-7(9)4-16)18-10(19)5-17-6-11(13,14)15/h1-3,17H,5-6H2,(H,18,19). The van der Waals surface area contributed by atoms with Gasteiger partial charge in [0, 0.05) is 5.69 Å². The highest BCUT2D eigenvalue weighted by atomic mass is 19.4. The largest absolute Gasteiger partial charge is 0.401 e. The molecule has 19 heavy (non-hydrogen) atoms. The number of halogens is 4. The molecule has 2 N–H and O–H groups in total. The van der Waals surface area contributed by atoms with Crippen molar-refractivity contribution < 1.29 is 22.4 Å². The summed E-state index contributed by atoms with van der Waals surface area (Å²) < 4.78 is 48.4. The van der Waals surface area contributed by atoms with E-state index in [1.54, 1.807) is 6.07 Å². The molecule has 8 heteroatoms. The average Bonchev–Trinajstić information content (AvgIpc) is 2.30. The Labute approximate surface area is 106 Å². The van der Waals surface area contributed by atoms with Gasteiger partial charge in [-0.05, 0) is 18.2 Å². The smallest absolute Gasteiger partial charge is 0.325 e. The molecule has 0 aliphatic rings. The summed E-state index contributed by atoms with van der Waals surface area (Å²) in [5, 5.41) is 12.7. The van der Waals surface area contributed by atoms with Crippen LogP contribution in [-0.4, -0.2) is 25.2 Å². The zero-order valence-electron chi connectivity index (χ0n) is 9.51. The van der Waals surface area contributed by atoms with E-state index >= 15 is 0 Å². The summed E-state index contributed by atoms with van der Waals surface area (Å²) in [5.74, 6) is -1.46. The number of rotatable bonds is 4. The van der Waals surface area contributed by atoms with Crippen molar-refractivity contribution in [2.75, 3.05) is 18.4 Å². The third-order valence-corrected chi connectivity index (χ3v) is 1.98. The molecule has 0 spiro atoms. The second kappa shape index (κ2) is 6.15. The lowest BCUT2D eigenvalue weighted by Gasteiger charge is -2.09. The van der Waals surface area contributed by atoms with Gasteiger partial charge in [0.2, 0.25) is 5.91 Å². The minimum absolute atomic E-state index is 0.136. The summed E-state index contributed by atoms with van der Waals surface area (Å²) in [6, 6.07) is 4.87. The molecule has 102 valence electrons. The van der Waals surface area contributed by atoms with Gasteiger partial charge in [0.1, 0.15) is 11.9 Å². The fourth-order valence-corrected chi connectivity index (χ4v) is 1.21. The normalized spacial score (nSPS) is 10.9. The zero-order chi connectivity index (χ0) is 14.5. The SMILES string of the molecule is N#Cc1cc(NC(=O)CNCC(F)(F)F)ccc1F. The van der Waals surface area contributed by atoms with Gasteiger partial charge in [-0.25, -0.2) is 4.39 Å². The van der Waals surface area contributed by atoms with Gasteiger partial charge in [-0.1, -0.05) is 0 Å². The molecule has 0 heterocycles. The lowest BCUT2D eigenvalue weighted by molar-refractivity contribution is -0.126. The Morgan fingerprint density at radius 1 is 1.37 bits per heavy atom. The van der Waals surface area contributed by atoms with Crippen molar-refractivity contribution in [1.29, 1.82) is 5.26 Å². The number of benzene rings is 1. The van der Waals surface area contributed by atoms with Crippen molar-refractivity contribution in [3.05, 3.63) is 29.6 Å². The molecule has 0 atom stereocenters. The first kappa shape index (κ1) is 14.9. The first-order chi connectivity index (χ1) is 8.81. The maximum Gasteiger partial charge on any atom is 0.401 e.